The SMILES string of the molecule is COC(C)(C(=O)O)c1nc(C)cs1. The maximum Gasteiger partial charge on any atom is 0.342 e. The minimum atomic E-state index is -1.32. The van der Waals surface area contributed by atoms with E-state index in [1.807, 2.05) is 6.92 Å². The fraction of sp³-hybridized carbons (Fsp3) is 0.500. The van der Waals surface area contributed by atoms with Crippen LogP contribution < -0.4 is 0 Å². The highest BCUT2D eigenvalue weighted by atomic mass is 32.1. The van der Waals surface area contributed by atoms with E-state index in [0.717, 1.165) is 5.69 Å². The van der Waals surface area contributed by atoms with E-state index in [2.05, 4.69) is 4.98 Å². The molecule has 0 amide bonds. The zero-order valence-electron chi connectivity index (χ0n) is 7.70. The zero-order valence-corrected chi connectivity index (χ0v) is 8.51. The second-order valence-corrected chi connectivity index (χ2v) is 3.69. The Morgan fingerprint density at radius 1 is 1.77 bits per heavy atom. The number of aromatic nitrogens is 1. The fourth-order valence-corrected chi connectivity index (χ4v) is 1.77. The summed E-state index contributed by atoms with van der Waals surface area (Å²) < 4.78 is 4.95. The molecule has 4 nitrogen and oxygen atoms in total. The quantitative estimate of drug-likeness (QED) is 0.803. The molecular formula is C8H11NO3S. The maximum absolute atomic E-state index is 10.9. The van der Waals surface area contributed by atoms with E-state index in [9.17, 15) is 4.79 Å². The van der Waals surface area contributed by atoms with Crippen LogP contribution in [0.3, 0.4) is 0 Å². The molecule has 0 fully saturated rings. The number of rotatable bonds is 3. The Morgan fingerprint density at radius 3 is 2.69 bits per heavy atom. The van der Waals surface area contributed by atoms with Gasteiger partial charge in [-0.2, -0.15) is 0 Å². The van der Waals surface area contributed by atoms with Crippen LogP contribution in [0.4, 0.5) is 0 Å². The number of carbonyl (C=O) groups is 1. The molecule has 0 aliphatic rings. The van der Waals surface area contributed by atoms with Gasteiger partial charge in [-0.1, -0.05) is 0 Å². The van der Waals surface area contributed by atoms with Gasteiger partial charge in [0.15, 0.2) is 0 Å². The van der Waals surface area contributed by atoms with Crippen LogP contribution in [0.5, 0.6) is 0 Å². The van der Waals surface area contributed by atoms with E-state index in [4.69, 9.17) is 9.84 Å². The third-order valence-corrected chi connectivity index (χ3v) is 3.01. The Labute approximate surface area is 80.2 Å². The molecule has 0 saturated heterocycles. The van der Waals surface area contributed by atoms with Crippen LogP contribution in [0.1, 0.15) is 17.6 Å². The molecule has 0 radical (unpaired) electrons. The van der Waals surface area contributed by atoms with Gasteiger partial charge in [-0.3, -0.25) is 0 Å². The van der Waals surface area contributed by atoms with Gasteiger partial charge < -0.3 is 9.84 Å². The summed E-state index contributed by atoms with van der Waals surface area (Å²) in [5.41, 5.74) is -0.511. The number of aliphatic carboxylic acids is 1. The first kappa shape index (κ1) is 10.1. The molecule has 1 aromatic rings. The molecule has 0 aliphatic heterocycles. The number of carboxylic acids is 1. The van der Waals surface area contributed by atoms with Crippen molar-refractivity contribution in [3.8, 4) is 0 Å². The van der Waals surface area contributed by atoms with Crippen molar-refractivity contribution in [1.82, 2.24) is 4.98 Å². The van der Waals surface area contributed by atoms with E-state index in [0.29, 0.717) is 5.01 Å². The van der Waals surface area contributed by atoms with Gasteiger partial charge in [0.2, 0.25) is 5.60 Å². The molecule has 0 bridgehead atoms. The number of methoxy groups -OCH3 is 1. The molecule has 0 saturated carbocycles. The molecule has 0 spiro atoms. The van der Waals surface area contributed by atoms with Crippen molar-refractivity contribution in [2.45, 2.75) is 19.4 Å². The topological polar surface area (TPSA) is 59.4 Å². The van der Waals surface area contributed by atoms with Crippen molar-refractivity contribution in [3.05, 3.63) is 16.1 Å². The van der Waals surface area contributed by atoms with Crippen LogP contribution in [-0.4, -0.2) is 23.2 Å². The van der Waals surface area contributed by atoms with Crippen molar-refractivity contribution < 1.29 is 14.6 Å². The molecule has 1 atom stereocenters. The summed E-state index contributed by atoms with van der Waals surface area (Å²) in [5.74, 6) is -1.02. The van der Waals surface area contributed by atoms with Crippen LogP contribution >= 0.6 is 11.3 Å². The number of hydrogen-bond donors (Lipinski definition) is 1. The molecule has 1 N–H and O–H groups in total. The standard InChI is InChI=1S/C8H11NO3S/c1-5-4-13-6(9-5)8(2,12-3)7(10)11/h4H,1-3H3,(H,10,11). The molecule has 1 heterocycles. The second kappa shape index (κ2) is 3.43. The van der Waals surface area contributed by atoms with E-state index in [1.165, 1.54) is 25.4 Å². The van der Waals surface area contributed by atoms with Crippen LogP contribution in [0.15, 0.2) is 5.38 Å². The summed E-state index contributed by atoms with van der Waals surface area (Å²) in [5, 5.41) is 11.2. The van der Waals surface area contributed by atoms with Crippen LogP contribution in [0, 0.1) is 6.92 Å². The minimum Gasteiger partial charge on any atom is -0.479 e. The van der Waals surface area contributed by atoms with Crippen molar-refractivity contribution in [2.75, 3.05) is 7.11 Å². The lowest BCUT2D eigenvalue weighted by molar-refractivity contribution is -0.161. The third-order valence-electron chi connectivity index (χ3n) is 1.84. The summed E-state index contributed by atoms with van der Waals surface area (Å²) in [6.45, 7) is 3.31. The molecule has 1 aromatic heterocycles. The molecule has 5 heteroatoms. The summed E-state index contributed by atoms with van der Waals surface area (Å²) in [7, 11) is 1.37. The summed E-state index contributed by atoms with van der Waals surface area (Å²) in [6.07, 6.45) is 0. The van der Waals surface area contributed by atoms with E-state index >= 15 is 0 Å². The molecule has 72 valence electrons. The van der Waals surface area contributed by atoms with Crippen LogP contribution in [0.25, 0.3) is 0 Å². The minimum absolute atomic E-state index is 0.472. The Bertz CT molecular complexity index is 323. The predicted molar refractivity (Wildman–Crippen MR) is 48.8 cm³/mol. The van der Waals surface area contributed by atoms with Gasteiger partial charge in [-0.25, -0.2) is 9.78 Å². The number of hydrogen-bond acceptors (Lipinski definition) is 4. The molecule has 0 aromatic carbocycles. The lowest BCUT2D eigenvalue weighted by Gasteiger charge is -2.19. The highest BCUT2D eigenvalue weighted by Crippen LogP contribution is 2.27. The van der Waals surface area contributed by atoms with Gasteiger partial charge in [0.25, 0.3) is 0 Å². The fourth-order valence-electron chi connectivity index (χ4n) is 0.839. The van der Waals surface area contributed by atoms with Crippen molar-refractivity contribution >= 4 is 17.3 Å². The lowest BCUT2D eigenvalue weighted by Crippen LogP contribution is -2.34. The number of aryl methyl sites for hydroxylation is 1. The molecule has 0 aliphatic carbocycles. The Kier molecular flexibility index (Phi) is 2.68. The van der Waals surface area contributed by atoms with Crippen molar-refractivity contribution in [2.24, 2.45) is 0 Å². The van der Waals surface area contributed by atoms with Crippen molar-refractivity contribution in [3.63, 3.8) is 0 Å². The first-order chi connectivity index (χ1) is 6.00. The summed E-state index contributed by atoms with van der Waals surface area (Å²) in [4.78, 5) is 15.0. The van der Waals surface area contributed by atoms with Gasteiger partial charge in [0, 0.05) is 18.2 Å². The highest BCUT2D eigenvalue weighted by Gasteiger charge is 2.38. The molecule has 13 heavy (non-hydrogen) atoms. The van der Waals surface area contributed by atoms with Gasteiger partial charge in [0.05, 0.1) is 0 Å². The van der Waals surface area contributed by atoms with Gasteiger partial charge in [-0.15, -0.1) is 11.3 Å². The number of ether oxygens (including phenoxy) is 1. The van der Waals surface area contributed by atoms with E-state index in [1.54, 1.807) is 5.38 Å². The number of carboxylic acid groups (broad SMARTS) is 1. The van der Waals surface area contributed by atoms with E-state index in [-0.39, 0.29) is 0 Å². The normalized spacial score (nSPS) is 15.3. The predicted octanol–water partition coefficient (Wildman–Crippen LogP) is 1.40. The summed E-state index contributed by atoms with van der Waals surface area (Å²) in [6, 6.07) is 0. The maximum atomic E-state index is 10.9. The Balaban J connectivity index is 3.09. The average molecular weight is 201 g/mol. The number of nitrogens with zero attached hydrogens (tertiary/aromatic N) is 1. The monoisotopic (exact) mass is 201 g/mol. The molecule has 1 unspecified atom stereocenters. The third kappa shape index (κ3) is 1.71. The average Bonchev–Trinajstić information content (AvgIpc) is 2.50. The Morgan fingerprint density at radius 2 is 2.38 bits per heavy atom. The first-order valence-electron chi connectivity index (χ1n) is 3.72. The zero-order chi connectivity index (χ0) is 10.1. The van der Waals surface area contributed by atoms with Gasteiger partial charge in [-0.05, 0) is 13.8 Å². The smallest absolute Gasteiger partial charge is 0.342 e. The largest absolute Gasteiger partial charge is 0.479 e. The van der Waals surface area contributed by atoms with Crippen LogP contribution in [-0.2, 0) is 15.1 Å². The highest BCUT2D eigenvalue weighted by molar-refractivity contribution is 7.10. The second-order valence-electron chi connectivity index (χ2n) is 2.84. The first-order valence-corrected chi connectivity index (χ1v) is 4.60. The summed E-state index contributed by atoms with van der Waals surface area (Å²) >= 11 is 1.29. The molecule has 1 rings (SSSR count). The lowest BCUT2D eigenvalue weighted by atomic mass is 10.1. The Hall–Kier alpha value is -0.940. The van der Waals surface area contributed by atoms with E-state index < -0.39 is 11.6 Å². The van der Waals surface area contributed by atoms with Crippen LogP contribution in [0.2, 0.25) is 0 Å². The van der Waals surface area contributed by atoms with Gasteiger partial charge >= 0.3 is 5.97 Å². The molecular weight excluding hydrogens is 190 g/mol. The number of thiazole rings is 1. The van der Waals surface area contributed by atoms with Gasteiger partial charge in [0.1, 0.15) is 5.01 Å². The van der Waals surface area contributed by atoms with Crippen molar-refractivity contribution in [1.29, 1.82) is 0 Å².